The highest BCUT2D eigenvalue weighted by Crippen LogP contribution is 2.26. The van der Waals surface area contributed by atoms with Gasteiger partial charge in [0, 0.05) is 19.0 Å². The van der Waals surface area contributed by atoms with Crippen molar-refractivity contribution >= 4 is 35.3 Å². The van der Waals surface area contributed by atoms with Crippen molar-refractivity contribution in [2.24, 2.45) is 0 Å². The van der Waals surface area contributed by atoms with Crippen LogP contribution in [0.3, 0.4) is 0 Å². The summed E-state index contributed by atoms with van der Waals surface area (Å²) in [6.45, 7) is 3.69. The number of imide groups is 1. The minimum absolute atomic E-state index is 0.162. The Morgan fingerprint density at radius 2 is 1.59 bits per heavy atom. The van der Waals surface area contributed by atoms with E-state index in [4.69, 9.17) is 4.74 Å². The van der Waals surface area contributed by atoms with Gasteiger partial charge in [-0.2, -0.15) is 0 Å². The maximum Gasteiger partial charge on any atom is 0.328 e. The number of methoxy groups -OCH3 is 1. The van der Waals surface area contributed by atoms with Crippen molar-refractivity contribution < 1.29 is 28.7 Å². The number of hydrogen-bond donors (Lipinski definition) is 1. The predicted molar refractivity (Wildman–Crippen MR) is 134 cm³/mol. The molecule has 2 heterocycles. The smallest absolute Gasteiger partial charge is 0.328 e. The van der Waals surface area contributed by atoms with Crippen molar-refractivity contribution in [3.63, 3.8) is 0 Å². The zero-order chi connectivity index (χ0) is 26.7. The number of nitrogens with zero attached hydrogens (tertiary/aromatic N) is 3. The highest BCUT2D eigenvalue weighted by molar-refractivity contribution is 6.21. The van der Waals surface area contributed by atoms with Crippen LogP contribution >= 0.6 is 0 Å². The Kier molecular flexibility index (Phi) is 7.56. The average molecular weight is 507 g/mol. The Balaban J connectivity index is 1.50. The number of anilines is 1. The van der Waals surface area contributed by atoms with Gasteiger partial charge in [-0.3, -0.25) is 34.5 Å². The van der Waals surface area contributed by atoms with Crippen LogP contribution in [0, 0.1) is 0 Å². The van der Waals surface area contributed by atoms with E-state index in [9.17, 15) is 24.0 Å². The fraction of sp³-hybridized carbons (Fsp3) is 0.370. The Morgan fingerprint density at radius 1 is 1.00 bits per heavy atom. The molecular weight excluding hydrogens is 476 g/mol. The molecule has 1 fully saturated rings. The molecule has 2 aromatic rings. The van der Waals surface area contributed by atoms with Gasteiger partial charge >= 0.3 is 5.97 Å². The second-order valence-electron chi connectivity index (χ2n) is 9.21. The molecule has 0 bridgehead atoms. The first kappa shape index (κ1) is 25.9. The molecule has 0 aromatic heterocycles. The molecule has 0 unspecified atom stereocenters. The van der Waals surface area contributed by atoms with Crippen molar-refractivity contribution in [1.29, 1.82) is 0 Å². The number of fused-ring (bicyclic) bond motifs is 1. The predicted octanol–water partition coefficient (Wildman–Crippen LogP) is 2.15. The van der Waals surface area contributed by atoms with Crippen LogP contribution in [0.2, 0.25) is 0 Å². The molecule has 4 amide bonds. The third kappa shape index (κ3) is 5.04. The van der Waals surface area contributed by atoms with Crippen molar-refractivity contribution in [2.45, 2.75) is 51.2 Å². The van der Waals surface area contributed by atoms with Gasteiger partial charge in [-0.05, 0) is 51.0 Å². The molecule has 194 valence electrons. The quantitative estimate of drug-likeness (QED) is 0.331. The number of para-hydroxylation sites is 1. The normalized spacial score (nSPS) is 18.3. The molecule has 1 N–H and O–H groups in total. The van der Waals surface area contributed by atoms with Crippen molar-refractivity contribution in [1.82, 2.24) is 15.2 Å². The van der Waals surface area contributed by atoms with Crippen LogP contribution in [0.15, 0.2) is 54.6 Å². The number of benzene rings is 2. The first-order chi connectivity index (χ1) is 17.7. The first-order valence-corrected chi connectivity index (χ1v) is 12.2. The first-order valence-electron chi connectivity index (χ1n) is 12.2. The Hall–Kier alpha value is -4.21. The lowest BCUT2D eigenvalue weighted by atomic mass is 10.1. The molecule has 0 radical (unpaired) electrons. The van der Waals surface area contributed by atoms with E-state index in [0.29, 0.717) is 36.2 Å². The zero-order valence-corrected chi connectivity index (χ0v) is 21.0. The minimum Gasteiger partial charge on any atom is -0.467 e. The standard InChI is InChI=1S/C27H30N4O6/c1-17(30-25(34)20-12-7-8-13-21(20)26(30)35)16-23(32)28-31(19-10-5-4-6-11-19)18(2)24(33)29-15-9-14-22(29)27(36)37-3/h4-8,10-13,17-18,22H,9,14-16H2,1-3H3,(H,28,32)/t17-,18+,22+/m1/s1. The summed E-state index contributed by atoms with van der Waals surface area (Å²) in [7, 11) is 1.29. The summed E-state index contributed by atoms with van der Waals surface area (Å²) in [5.41, 5.74) is 3.98. The van der Waals surface area contributed by atoms with E-state index in [1.807, 2.05) is 6.07 Å². The summed E-state index contributed by atoms with van der Waals surface area (Å²) in [5, 5.41) is 1.45. The third-order valence-corrected chi connectivity index (χ3v) is 6.78. The number of nitrogens with one attached hydrogen (secondary N) is 1. The topological polar surface area (TPSA) is 116 Å². The SMILES string of the molecule is COC(=O)[C@@H]1CCCN1C(=O)[C@H](C)N(NC(=O)C[C@@H](C)N1C(=O)c2ccccc2C1=O)c1ccccc1. The number of hydrazine groups is 1. The van der Waals surface area contributed by atoms with Crippen LogP contribution in [-0.2, 0) is 19.1 Å². The summed E-state index contributed by atoms with van der Waals surface area (Å²) in [5.74, 6) is -2.15. The third-order valence-electron chi connectivity index (χ3n) is 6.78. The van der Waals surface area contributed by atoms with Gasteiger partial charge in [-0.15, -0.1) is 0 Å². The summed E-state index contributed by atoms with van der Waals surface area (Å²) < 4.78 is 4.86. The number of hydrogen-bond acceptors (Lipinski definition) is 7. The molecule has 0 saturated carbocycles. The fourth-order valence-electron chi connectivity index (χ4n) is 4.88. The maximum absolute atomic E-state index is 13.4. The molecular formula is C27H30N4O6. The van der Waals surface area contributed by atoms with Gasteiger partial charge in [-0.25, -0.2) is 4.79 Å². The van der Waals surface area contributed by atoms with Crippen LogP contribution in [0.4, 0.5) is 5.69 Å². The van der Waals surface area contributed by atoms with E-state index < -0.39 is 41.8 Å². The highest BCUT2D eigenvalue weighted by atomic mass is 16.5. The van der Waals surface area contributed by atoms with Gasteiger partial charge in [0.25, 0.3) is 11.8 Å². The van der Waals surface area contributed by atoms with E-state index in [0.717, 1.165) is 4.90 Å². The van der Waals surface area contributed by atoms with Crippen molar-refractivity contribution in [3.8, 4) is 0 Å². The fourth-order valence-corrected chi connectivity index (χ4v) is 4.88. The molecule has 4 rings (SSSR count). The summed E-state index contributed by atoms with van der Waals surface area (Å²) in [6, 6.07) is 13.2. The van der Waals surface area contributed by atoms with E-state index in [1.165, 1.54) is 17.0 Å². The van der Waals surface area contributed by atoms with E-state index in [2.05, 4.69) is 5.43 Å². The molecule has 2 aromatic carbocycles. The number of likely N-dealkylation sites (tertiary alicyclic amines) is 1. The maximum atomic E-state index is 13.4. The average Bonchev–Trinajstić information content (AvgIpc) is 3.50. The number of carbonyl (C=O) groups excluding carboxylic acids is 5. The zero-order valence-electron chi connectivity index (χ0n) is 21.0. The van der Waals surface area contributed by atoms with Gasteiger partial charge in [0.15, 0.2) is 0 Å². The van der Waals surface area contributed by atoms with Crippen molar-refractivity contribution in [3.05, 3.63) is 65.7 Å². The molecule has 1 saturated heterocycles. The van der Waals surface area contributed by atoms with Gasteiger partial charge in [0.1, 0.15) is 12.1 Å². The summed E-state index contributed by atoms with van der Waals surface area (Å²) in [6.07, 6.45) is 1.03. The highest BCUT2D eigenvalue weighted by Gasteiger charge is 2.40. The molecule has 0 spiro atoms. The monoisotopic (exact) mass is 506 g/mol. The molecule has 10 heteroatoms. The van der Waals surface area contributed by atoms with E-state index >= 15 is 0 Å². The summed E-state index contributed by atoms with van der Waals surface area (Å²) in [4.78, 5) is 67.0. The molecule has 2 aliphatic heterocycles. The van der Waals surface area contributed by atoms with Gasteiger partial charge in [0.2, 0.25) is 11.8 Å². The largest absolute Gasteiger partial charge is 0.467 e. The van der Waals surface area contributed by atoms with Crippen LogP contribution in [0.1, 0.15) is 53.8 Å². The number of esters is 1. The van der Waals surface area contributed by atoms with Gasteiger partial charge in [0.05, 0.1) is 23.9 Å². The Morgan fingerprint density at radius 3 is 2.19 bits per heavy atom. The summed E-state index contributed by atoms with van der Waals surface area (Å²) >= 11 is 0. The molecule has 37 heavy (non-hydrogen) atoms. The second-order valence-corrected chi connectivity index (χ2v) is 9.21. The lowest BCUT2D eigenvalue weighted by Gasteiger charge is -2.34. The Labute approximate surface area is 215 Å². The Bertz CT molecular complexity index is 1180. The van der Waals surface area contributed by atoms with E-state index in [1.54, 1.807) is 62.4 Å². The lowest BCUT2D eigenvalue weighted by molar-refractivity contribution is -0.151. The lowest BCUT2D eigenvalue weighted by Crippen LogP contribution is -2.57. The van der Waals surface area contributed by atoms with Crippen LogP contribution in [0.5, 0.6) is 0 Å². The molecule has 2 aliphatic rings. The van der Waals surface area contributed by atoms with Crippen molar-refractivity contribution in [2.75, 3.05) is 18.7 Å². The van der Waals surface area contributed by atoms with Gasteiger partial charge < -0.3 is 9.64 Å². The molecule has 0 aliphatic carbocycles. The number of carbonyl (C=O) groups is 5. The van der Waals surface area contributed by atoms with Crippen LogP contribution in [-0.4, -0.2) is 71.2 Å². The molecule has 3 atom stereocenters. The van der Waals surface area contributed by atoms with Crippen LogP contribution < -0.4 is 10.4 Å². The molecule has 10 nitrogen and oxygen atoms in total. The number of rotatable bonds is 8. The minimum atomic E-state index is -0.841. The number of amides is 4. The van der Waals surface area contributed by atoms with E-state index in [-0.39, 0.29) is 12.3 Å². The van der Waals surface area contributed by atoms with Gasteiger partial charge in [-0.1, -0.05) is 30.3 Å². The number of ether oxygens (including phenoxy) is 1. The van der Waals surface area contributed by atoms with Crippen LogP contribution in [0.25, 0.3) is 0 Å². The second kappa shape index (κ2) is 10.8.